The molecular formula is C86H111ClFN5O5. The van der Waals surface area contributed by atoms with Crippen molar-refractivity contribution in [3.63, 3.8) is 0 Å². The Kier molecular flexibility index (Phi) is 43.2. The second-order valence-corrected chi connectivity index (χ2v) is 23.3. The smallest absolute Gasteiger partial charge is 0.126 e. The lowest BCUT2D eigenvalue weighted by Crippen LogP contribution is -2.16. The number of nitrogens with one attached hydrogen (secondary N) is 5. The first-order chi connectivity index (χ1) is 46.9. The van der Waals surface area contributed by atoms with E-state index >= 15 is 0 Å². The zero-order valence-electron chi connectivity index (χ0n) is 58.8. The molecule has 12 heteroatoms. The Morgan fingerprint density at radius 2 is 0.469 bits per heavy atom. The summed E-state index contributed by atoms with van der Waals surface area (Å²) in [4.78, 5) is 0. The van der Waals surface area contributed by atoms with Crippen molar-refractivity contribution in [3.8, 4) is 23.0 Å². The number of halogens is 2. The molecule has 0 aliphatic rings. The average molecular weight is 1350 g/mol. The Balaban J connectivity index is 0.000000310. The lowest BCUT2D eigenvalue weighted by atomic mass is 10.1. The van der Waals surface area contributed by atoms with Crippen LogP contribution < -0.4 is 45.5 Å². The molecule has 10 rings (SSSR count). The SMILES string of the molecule is C.CNCCC(O)c1ccccc1.CNCCC(Oc1ccccc1C)c1ccccc1.CNCC[C@@H](Oc1ccccc1C)c1ccccc1.CNCC[C@@H](Oc1ccccc1C)c1ccccc1.CNCC[C@@H](Oc1ccccc1C)c1ccccc1.Cc1ccccc1F.Cl. The molecule has 0 saturated carbocycles. The number of hydrogen-bond acceptors (Lipinski definition) is 10. The number of aliphatic hydroxyl groups is 1. The molecule has 10 aromatic carbocycles. The van der Waals surface area contributed by atoms with Crippen LogP contribution in [0.1, 0.15) is 126 Å². The topological polar surface area (TPSA) is 117 Å². The molecule has 5 atom stereocenters. The number of aliphatic hydroxyl groups excluding tert-OH is 1. The monoisotopic (exact) mass is 1350 g/mol. The van der Waals surface area contributed by atoms with E-state index in [1.54, 1.807) is 19.1 Å². The first kappa shape index (κ1) is 83.6. The van der Waals surface area contributed by atoms with Gasteiger partial charge >= 0.3 is 0 Å². The summed E-state index contributed by atoms with van der Waals surface area (Å²) in [5.74, 6) is 3.73. The predicted octanol–water partition coefficient (Wildman–Crippen LogP) is 19.4. The molecule has 524 valence electrons. The van der Waals surface area contributed by atoms with E-state index in [0.29, 0.717) is 5.56 Å². The molecule has 10 nitrogen and oxygen atoms in total. The molecule has 0 aliphatic carbocycles. The third kappa shape index (κ3) is 32.2. The highest BCUT2D eigenvalue weighted by atomic mass is 35.5. The summed E-state index contributed by atoms with van der Waals surface area (Å²) in [6.45, 7) is 14.6. The van der Waals surface area contributed by atoms with Gasteiger partial charge in [-0.1, -0.05) is 250 Å². The Hall–Kier alpha value is -8.62. The molecule has 0 radical (unpaired) electrons. The van der Waals surface area contributed by atoms with Gasteiger partial charge in [0.2, 0.25) is 0 Å². The third-order valence-electron chi connectivity index (χ3n) is 15.7. The third-order valence-corrected chi connectivity index (χ3v) is 15.7. The van der Waals surface area contributed by atoms with Gasteiger partial charge in [-0.25, -0.2) is 4.39 Å². The van der Waals surface area contributed by atoms with E-state index in [-0.39, 0.29) is 56.2 Å². The summed E-state index contributed by atoms with van der Waals surface area (Å²) >= 11 is 0. The number of aryl methyl sites for hydroxylation is 5. The zero-order chi connectivity index (χ0) is 68.8. The fourth-order valence-corrected chi connectivity index (χ4v) is 9.99. The first-order valence-corrected chi connectivity index (χ1v) is 33.6. The number of rotatable bonds is 28. The molecule has 0 amide bonds. The van der Waals surface area contributed by atoms with Crippen molar-refractivity contribution in [2.75, 3.05) is 68.0 Å². The summed E-state index contributed by atoms with van der Waals surface area (Å²) in [5, 5.41) is 25.4. The van der Waals surface area contributed by atoms with Crippen LogP contribution in [0.15, 0.2) is 273 Å². The maximum absolute atomic E-state index is 12.3. The average Bonchev–Trinajstić information content (AvgIpc) is 1.06. The second kappa shape index (κ2) is 50.7. The summed E-state index contributed by atoms with van der Waals surface area (Å²) in [6.07, 6.45) is 4.61. The minimum absolute atomic E-state index is 0. The predicted molar refractivity (Wildman–Crippen MR) is 413 cm³/mol. The summed E-state index contributed by atoms with van der Waals surface area (Å²) in [7, 11) is 9.76. The molecule has 0 heterocycles. The Morgan fingerprint density at radius 3 is 0.673 bits per heavy atom. The van der Waals surface area contributed by atoms with Gasteiger partial charge in [-0.15, -0.1) is 12.4 Å². The van der Waals surface area contributed by atoms with Crippen LogP contribution in [-0.2, 0) is 0 Å². The summed E-state index contributed by atoms with van der Waals surface area (Å²) < 4.78 is 37.1. The zero-order valence-corrected chi connectivity index (χ0v) is 59.6. The van der Waals surface area contributed by atoms with Crippen LogP contribution in [0.3, 0.4) is 0 Å². The van der Waals surface area contributed by atoms with Crippen LogP contribution in [-0.4, -0.2) is 73.1 Å². The van der Waals surface area contributed by atoms with Crippen molar-refractivity contribution < 1.29 is 28.4 Å². The Morgan fingerprint density at radius 1 is 0.276 bits per heavy atom. The maximum atomic E-state index is 12.3. The molecule has 6 N–H and O–H groups in total. The van der Waals surface area contributed by atoms with Crippen molar-refractivity contribution >= 4 is 12.4 Å². The van der Waals surface area contributed by atoms with E-state index in [1.165, 1.54) is 50.6 Å². The highest BCUT2D eigenvalue weighted by molar-refractivity contribution is 5.85. The quantitative estimate of drug-likeness (QED) is 0.0283. The van der Waals surface area contributed by atoms with Gasteiger partial charge in [-0.3, -0.25) is 0 Å². The van der Waals surface area contributed by atoms with Gasteiger partial charge in [0.1, 0.15) is 53.2 Å². The van der Waals surface area contributed by atoms with E-state index < -0.39 is 0 Å². The largest absolute Gasteiger partial charge is 0.485 e. The van der Waals surface area contributed by atoms with Gasteiger partial charge in [0.25, 0.3) is 0 Å². The molecule has 0 fully saturated rings. The van der Waals surface area contributed by atoms with Gasteiger partial charge in [0, 0.05) is 25.7 Å². The fraction of sp³-hybridized carbons (Fsp3) is 0.302. The van der Waals surface area contributed by atoms with Gasteiger partial charge in [0.05, 0.1) is 6.10 Å². The molecule has 2 unspecified atom stereocenters. The summed E-state index contributed by atoms with van der Waals surface area (Å²) in [6, 6.07) is 90.7. The molecule has 0 bridgehead atoms. The fourth-order valence-electron chi connectivity index (χ4n) is 9.99. The van der Waals surface area contributed by atoms with Crippen LogP contribution in [0.25, 0.3) is 0 Å². The van der Waals surface area contributed by atoms with E-state index in [0.717, 1.165) is 93.4 Å². The van der Waals surface area contributed by atoms with Crippen molar-refractivity contribution in [1.29, 1.82) is 0 Å². The molecule has 0 saturated heterocycles. The molecule has 98 heavy (non-hydrogen) atoms. The highest BCUT2D eigenvalue weighted by Gasteiger charge is 2.18. The molecule has 10 aromatic rings. The number of benzene rings is 10. The van der Waals surface area contributed by atoms with Gasteiger partial charge in [-0.2, -0.15) is 0 Å². The highest BCUT2D eigenvalue weighted by Crippen LogP contribution is 2.31. The van der Waals surface area contributed by atoms with E-state index in [2.05, 4.69) is 176 Å². The van der Waals surface area contributed by atoms with Crippen LogP contribution in [0, 0.1) is 40.4 Å². The molecule has 0 aliphatic heterocycles. The molecular weight excluding hydrogens is 1240 g/mol. The van der Waals surface area contributed by atoms with Crippen molar-refractivity contribution in [2.24, 2.45) is 0 Å². The minimum Gasteiger partial charge on any atom is -0.485 e. The lowest BCUT2D eigenvalue weighted by Gasteiger charge is -2.20. The van der Waals surface area contributed by atoms with E-state index in [4.69, 9.17) is 18.9 Å². The molecule has 0 aromatic heterocycles. The van der Waals surface area contributed by atoms with Crippen molar-refractivity contribution in [3.05, 3.63) is 334 Å². The minimum atomic E-state index is -0.335. The lowest BCUT2D eigenvalue weighted by molar-refractivity contribution is 0.167. The standard InChI is InChI=1S/4C17H21NO.C10H15NO.C7H7F.CH4.ClH/c4*1-14-8-6-7-11-16(14)19-17(12-13-18-2)15-9-4-3-5-10-15;1-11-8-7-10(12)9-5-3-2-4-6-9;1-6-4-2-3-5-7(6)8;;/h4*3-11,17-18H,12-13H2,1-2H3;2-6,10-12H,7-8H2,1H3;2-5H,1H3;1H4;1H/t3*17-;;;;;/m111...../s1. The van der Waals surface area contributed by atoms with Crippen LogP contribution in [0.4, 0.5) is 4.39 Å². The van der Waals surface area contributed by atoms with Crippen molar-refractivity contribution in [1.82, 2.24) is 26.6 Å². The first-order valence-electron chi connectivity index (χ1n) is 33.6. The van der Waals surface area contributed by atoms with E-state index in [9.17, 15) is 9.50 Å². The maximum Gasteiger partial charge on any atom is 0.126 e. The Bertz CT molecular complexity index is 3180. The van der Waals surface area contributed by atoms with Gasteiger partial charge in [0.15, 0.2) is 0 Å². The van der Waals surface area contributed by atoms with Gasteiger partial charge in [-0.05, 0) is 195 Å². The normalized spacial score (nSPS) is 11.7. The summed E-state index contributed by atoms with van der Waals surface area (Å²) in [5.41, 5.74) is 11.3. The van der Waals surface area contributed by atoms with E-state index in [1.807, 2.05) is 169 Å². The van der Waals surface area contributed by atoms with Crippen LogP contribution >= 0.6 is 12.4 Å². The van der Waals surface area contributed by atoms with Crippen molar-refractivity contribution in [2.45, 2.75) is 105 Å². The van der Waals surface area contributed by atoms with Crippen LogP contribution in [0.5, 0.6) is 23.0 Å². The van der Waals surface area contributed by atoms with Crippen LogP contribution in [0.2, 0.25) is 0 Å². The number of para-hydroxylation sites is 4. The van der Waals surface area contributed by atoms with Gasteiger partial charge < -0.3 is 50.6 Å². The molecule has 0 spiro atoms. The Labute approximate surface area is 594 Å². The number of ether oxygens (including phenoxy) is 4. The second-order valence-electron chi connectivity index (χ2n) is 23.3. The number of hydrogen-bond donors (Lipinski definition) is 6.